The minimum absolute atomic E-state index is 0.0137. The van der Waals surface area contributed by atoms with Crippen LogP contribution in [-0.4, -0.2) is 51.0 Å². The van der Waals surface area contributed by atoms with Crippen molar-refractivity contribution in [1.82, 2.24) is 30.3 Å². The fourth-order valence-corrected chi connectivity index (χ4v) is 3.33. The summed E-state index contributed by atoms with van der Waals surface area (Å²) < 4.78 is 6.44. The zero-order chi connectivity index (χ0) is 17.9. The van der Waals surface area contributed by atoms with Gasteiger partial charge in [0.1, 0.15) is 17.6 Å². The lowest BCUT2D eigenvalue weighted by molar-refractivity contribution is -0.131. The molecule has 8 heteroatoms. The molecule has 1 aliphatic rings. The van der Waals surface area contributed by atoms with Crippen LogP contribution in [0.15, 0.2) is 35.1 Å². The van der Waals surface area contributed by atoms with E-state index in [4.69, 9.17) is 4.63 Å². The van der Waals surface area contributed by atoms with Crippen LogP contribution in [0.1, 0.15) is 30.0 Å². The molecule has 26 heavy (non-hydrogen) atoms. The largest absolute Gasteiger partial charge is 0.340 e. The monoisotopic (exact) mass is 354 g/mol. The van der Waals surface area contributed by atoms with Crippen LogP contribution in [0.25, 0.3) is 11.0 Å². The molecule has 3 aromatic rings. The van der Waals surface area contributed by atoms with Crippen LogP contribution in [0.4, 0.5) is 0 Å². The maximum Gasteiger partial charge on any atom is 0.244 e. The number of benzene rings is 1. The first kappa shape index (κ1) is 16.7. The SMILES string of the molecule is CN(Cc1ccc2nonc2c1)C(=O)Cn1ccc([C@H]2CCCNC2)n1. The van der Waals surface area contributed by atoms with Gasteiger partial charge in [0.25, 0.3) is 0 Å². The third-order valence-electron chi connectivity index (χ3n) is 4.84. The van der Waals surface area contributed by atoms with Crippen LogP contribution in [0.3, 0.4) is 0 Å². The number of likely N-dealkylation sites (N-methyl/N-ethyl adjacent to an activating group) is 1. The number of aromatic nitrogens is 4. The third kappa shape index (κ3) is 3.60. The Hall–Kier alpha value is -2.74. The molecule has 1 atom stereocenters. The van der Waals surface area contributed by atoms with Gasteiger partial charge < -0.3 is 10.2 Å². The Bertz CT molecular complexity index is 896. The lowest BCUT2D eigenvalue weighted by atomic mass is 9.97. The van der Waals surface area contributed by atoms with E-state index in [1.165, 1.54) is 6.42 Å². The summed E-state index contributed by atoms with van der Waals surface area (Å²) in [5.74, 6) is 0.459. The van der Waals surface area contributed by atoms with Crippen LogP contribution >= 0.6 is 0 Å². The Morgan fingerprint density at radius 2 is 2.23 bits per heavy atom. The smallest absolute Gasteiger partial charge is 0.244 e. The number of amides is 1. The summed E-state index contributed by atoms with van der Waals surface area (Å²) in [4.78, 5) is 14.2. The first-order valence-electron chi connectivity index (χ1n) is 8.88. The Morgan fingerprint density at radius 3 is 3.08 bits per heavy atom. The van der Waals surface area contributed by atoms with Crippen molar-refractivity contribution in [3.63, 3.8) is 0 Å². The summed E-state index contributed by atoms with van der Waals surface area (Å²) in [5, 5.41) is 15.6. The molecule has 0 radical (unpaired) electrons. The van der Waals surface area contributed by atoms with Gasteiger partial charge in [-0.2, -0.15) is 5.10 Å². The molecule has 1 aromatic carbocycles. The van der Waals surface area contributed by atoms with E-state index in [9.17, 15) is 4.79 Å². The summed E-state index contributed by atoms with van der Waals surface area (Å²) in [7, 11) is 1.79. The van der Waals surface area contributed by atoms with Gasteiger partial charge in [0.05, 0.1) is 5.69 Å². The van der Waals surface area contributed by atoms with E-state index in [1.54, 1.807) is 16.6 Å². The molecule has 136 valence electrons. The van der Waals surface area contributed by atoms with Crippen molar-refractivity contribution in [1.29, 1.82) is 0 Å². The van der Waals surface area contributed by atoms with Crippen molar-refractivity contribution in [3.05, 3.63) is 41.7 Å². The number of carbonyl (C=O) groups excluding carboxylic acids is 1. The maximum absolute atomic E-state index is 12.5. The number of rotatable bonds is 5. The molecule has 4 rings (SSSR count). The lowest BCUT2D eigenvalue weighted by Crippen LogP contribution is -2.30. The first-order valence-corrected chi connectivity index (χ1v) is 8.88. The van der Waals surface area contributed by atoms with Crippen molar-refractivity contribution >= 4 is 16.9 Å². The zero-order valence-corrected chi connectivity index (χ0v) is 14.8. The van der Waals surface area contributed by atoms with E-state index in [1.807, 2.05) is 30.5 Å². The number of carbonyl (C=O) groups is 1. The highest BCUT2D eigenvalue weighted by molar-refractivity contribution is 5.76. The number of fused-ring (bicyclic) bond motifs is 1. The molecule has 1 amide bonds. The van der Waals surface area contributed by atoms with Gasteiger partial charge in [-0.05, 0) is 53.5 Å². The first-order chi connectivity index (χ1) is 12.7. The molecule has 0 unspecified atom stereocenters. The van der Waals surface area contributed by atoms with Crippen LogP contribution in [0, 0.1) is 0 Å². The Kier molecular flexibility index (Phi) is 4.66. The molecular weight excluding hydrogens is 332 g/mol. The van der Waals surface area contributed by atoms with Gasteiger partial charge in [-0.25, -0.2) is 4.63 Å². The molecule has 1 aliphatic heterocycles. The molecule has 0 spiro atoms. The highest BCUT2D eigenvalue weighted by Gasteiger charge is 2.18. The number of nitrogens with one attached hydrogen (secondary N) is 1. The molecular formula is C18H22N6O2. The summed E-state index contributed by atoms with van der Waals surface area (Å²) in [6.07, 6.45) is 4.21. The molecule has 0 aliphatic carbocycles. The number of nitrogens with zero attached hydrogens (tertiary/aromatic N) is 5. The molecule has 1 N–H and O–H groups in total. The van der Waals surface area contributed by atoms with Gasteiger partial charge in [0.2, 0.25) is 5.91 Å². The van der Waals surface area contributed by atoms with Crippen molar-refractivity contribution in [3.8, 4) is 0 Å². The standard InChI is InChI=1S/C18H22N6O2/c1-23(11-13-4-5-16-17(9-13)22-26-21-16)18(25)12-24-8-6-15(20-24)14-3-2-7-19-10-14/h4-6,8-9,14,19H,2-3,7,10-12H2,1H3/t14-/m0/s1. The highest BCUT2D eigenvalue weighted by atomic mass is 16.6. The van der Waals surface area contributed by atoms with Gasteiger partial charge >= 0.3 is 0 Å². The molecule has 8 nitrogen and oxygen atoms in total. The quantitative estimate of drug-likeness (QED) is 0.748. The predicted molar refractivity (Wildman–Crippen MR) is 95.3 cm³/mol. The molecule has 3 heterocycles. The number of hydrogen-bond acceptors (Lipinski definition) is 6. The van der Waals surface area contributed by atoms with Crippen molar-refractivity contribution in [2.75, 3.05) is 20.1 Å². The molecule has 1 fully saturated rings. The summed E-state index contributed by atoms with van der Waals surface area (Å²) in [6.45, 7) is 2.79. The van der Waals surface area contributed by atoms with Crippen LogP contribution in [-0.2, 0) is 17.9 Å². The fourth-order valence-electron chi connectivity index (χ4n) is 3.33. The van der Waals surface area contributed by atoms with Crippen LogP contribution < -0.4 is 5.32 Å². The van der Waals surface area contributed by atoms with Crippen LogP contribution in [0.5, 0.6) is 0 Å². The average Bonchev–Trinajstić information content (AvgIpc) is 3.31. The molecule has 2 aromatic heterocycles. The highest BCUT2D eigenvalue weighted by Crippen LogP contribution is 2.21. The normalized spacial score (nSPS) is 17.5. The summed E-state index contributed by atoms with van der Waals surface area (Å²) in [5.41, 5.74) is 3.46. The van der Waals surface area contributed by atoms with Crippen LogP contribution in [0.2, 0.25) is 0 Å². The average molecular weight is 354 g/mol. The number of piperidine rings is 1. The maximum atomic E-state index is 12.5. The lowest BCUT2D eigenvalue weighted by Gasteiger charge is -2.21. The van der Waals surface area contributed by atoms with Crippen molar-refractivity contribution in [2.24, 2.45) is 0 Å². The second kappa shape index (κ2) is 7.25. The minimum atomic E-state index is 0.0137. The Labute approximate surface area is 151 Å². The fraction of sp³-hybridized carbons (Fsp3) is 0.444. The van der Waals surface area contributed by atoms with Gasteiger partial charge in [-0.15, -0.1) is 0 Å². The van der Waals surface area contributed by atoms with E-state index < -0.39 is 0 Å². The second-order valence-corrected chi connectivity index (χ2v) is 6.82. The summed E-state index contributed by atoms with van der Waals surface area (Å²) >= 11 is 0. The molecule has 0 saturated carbocycles. The van der Waals surface area contributed by atoms with E-state index >= 15 is 0 Å². The van der Waals surface area contributed by atoms with Gasteiger partial charge in [-0.1, -0.05) is 6.07 Å². The Morgan fingerprint density at radius 1 is 1.35 bits per heavy atom. The van der Waals surface area contributed by atoms with Crippen molar-refractivity contribution in [2.45, 2.75) is 31.8 Å². The Balaban J connectivity index is 1.37. The van der Waals surface area contributed by atoms with Gasteiger partial charge in [-0.3, -0.25) is 9.48 Å². The zero-order valence-electron chi connectivity index (χ0n) is 14.8. The van der Waals surface area contributed by atoms with E-state index in [2.05, 4.69) is 20.7 Å². The topological polar surface area (TPSA) is 89.1 Å². The second-order valence-electron chi connectivity index (χ2n) is 6.82. The van der Waals surface area contributed by atoms with Gasteiger partial charge in [0, 0.05) is 32.3 Å². The third-order valence-corrected chi connectivity index (χ3v) is 4.84. The van der Waals surface area contributed by atoms with E-state index in [0.29, 0.717) is 23.5 Å². The van der Waals surface area contributed by atoms with Crippen molar-refractivity contribution < 1.29 is 9.42 Å². The number of hydrogen-bond donors (Lipinski definition) is 1. The van der Waals surface area contributed by atoms with E-state index in [0.717, 1.165) is 30.8 Å². The van der Waals surface area contributed by atoms with E-state index in [-0.39, 0.29) is 12.5 Å². The molecule has 1 saturated heterocycles. The molecule has 0 bridgehead atoms. The summed E-state index contributed by atoms with van der Waals surface area (Å²) in [6, 6.07) is 7.68. The minimum Gasteiger partial charge on any atom is -0.340 e. The van der Waals surface area contributed by atoms with Gasteiger partial charge in [0.15, 0.2) is 0 Å². The predicted octanol–water partition coefficient (Wildman–Crippen LogP) is 1.54.